The van der Waals surface area contributed by atoms with Crippen LogP contribution in [0.2, 0.25) is 0 Å². The number of fused-ring (bicyclic) bond motifs is 1. The van der Waals surface area contributed by atoms with Gasteiger partial charge in [-0.3, -0.25) is 4.98 Å². The van der Waals surface area contributed by atoms with Crippen molar-refractivity contribution >= 4 is 22.8 Å². The predicted molar refractivity (Wildman–Crippen MR) is 96.6 cm³/mol. The number of carbonyl (C=O) groups is 1. The Hall–Kier alpha value is -3.09. The summed E-state index contributed by atoms with van der Waals surface area (Å²) in [6.07, 6.45) is 3.05. The third-order valence-corrected chi connectivity index (χ3v) is 4.84. The molecule has 1 aromatic carbocycles. The van der Waals surface area contributed by atoms with Gasteiger partial charge in [-0.05, 0) is 49.2 Å². The van der Waals surface area contributed by atoms with Gasteiger partial charge < -0.3 is 9.64 Å². The lowest BCUT2D eigenvalue weighted by Gasteiger charge is -2.26. The minimum absolute atomic E-state index is 0.314. The summed E-state index contributed by atoms with van der Waals surface area (Å²) in [5, 5.41) is 0. The van der Waals surface area contributed by atoms with Crippen LogP contribution in [-0.2, 0) is 4.74 Å². The molecule has 5 nitrogen and oxygen atoms in total. The third-order valence-electron chi connectivity index (χ3n) is 4.84. The van der Waals surface area contributed by atoms with Crippen LogP contribution in [0.3, 0.4) is 0 Å². The van der Waals surface area contributed by atoms with Crippen molar-refractivity contribution in [2.75, 3.05) is 18.6 Å². The van der Waals surface area contributed by atoms with Gasteiger partial charge in [-0.15, -0.1) is 0 Å². The smallest absolute Gasteiger partial charge is 0.340 e. The van der Waals surface area contributed by atoms with Crippen molar-refractivity contribution in [2.45, 2.75) is 18.9 Å². The molecule has 1 aliphatic rings. The van der Waals surface area contributed by atoms with Crippen molar-refractivity contribution in [3.05, 3.63) is 65.4 Å². The first-order chi connectivity index (χ1) is 13.1. The second-order valence-corrected chi connectivity index (χ2v) is 6.40. The first-order valence-corrected chi connectivity index (χ1v) is 8.64. The average molecular weight is 369 g/mol. The fourth-order valence-electron chi connectivity index (χ4n) is 3.58. The number of anilines is 1. The molecule has 0 aliphatic carbocycles. The maximum Gasteiger partial charge on any atom is 0.340 e. The quantitative estimate of drug-likeness (QED) is 0.653. The standard InChI is InChI=1S/C20H17F2N3O2/c1-27-20(26)13-8-9-23-16-6-7-18(24-19(13)16)25-10-2-3-17(25)14-11-12(21)4-5-15(14)22/h4-9,11,17H,2-3,10H2,1H3/t17-/m1/s1. The molecule has 138 valence electrons. The van der Waals surface area contributed by atoms with Crippen molar-refractivity contribution in [2.24, 2.45) is 0 Å². The molecule has 0 saturated carbocycles. The number of halogens is 2. The van der Waals surface area contributed by atoms with E-state index in [9.17, 15) is 13.6 Å². The number of hydrogen-bond donors (Lipinski definition) is 0. The maximum absolute atomic E-state index is 14.3. The molecular formula is C20H17F2N3O2. The van der Waals surface area contributed by atoms with Crippen molar-refractivity contribution in [3.8, 4) is 0 Å². The van der Waals surface area contributed by atoms with E-state index < -0.39 is 17.6 Å². The van der Waals surface area contributed by atoms with Crippen LogP contribution in [0, 0.1) is 11.6 Å². The van der Waals surface area contributed by atoms with E-state index in [1.807, 2.05) is 4.90 Å². The van der Waals surface area contributed by atoms with E-state index in [2.05, 4.69) is 9.97 Å². The van der Waals surface area contributed by atoms with E-state index in [4.69, 9.17) is 4.74 Å². The number of nitrogens with zero attached hydrogens (tertiary/aromatic N) is 3. The minimum Gasteiger partial charge on any atom is -0.465 e. The van der Waals surface area contributed by atoms with E-state index in [1.54, 1.807) is 18.2 Å². The predicted octanol–water partition coefficient (Wildman–Crippen LogP) is 4.04. The second-order valence-electron chi connectivity index (χ2n) is 6.40. The fraction of sp³-hybridized carbons (Fsp3) is 0.250. The van der Waals surface area contributed by atoms with Crippen LogP contribution in [0.25, 0.3) is 11.0 Å². The summed E-state index contributed by atoms with van der Waals surface area (Å²) < 4.78 is 32.8. The van der Waals surface area contributed by atoms with E-state index in [1.165, 1.54) is 19.4 Å². The van der Waals surface area contributed by atoms with Gasteiger partial charge in [-0.25, -0.2) is 18.6 Å². The van der Waals surface area contributed by atoms with Crippen molar-refractivity contribution < 1.29 is 18.3 Å². The van der Waals surface area contributed by atoms with Gasteiger partial charge in [0.05, 0.1) is 24.2 Å². The summed E-state index contributed by atoms with van der Waals surface area (Å²) in [7, 11) is 1.31. The highest BCUT2D eigenvalue weighted by molar-refractivity contribution is 6.01. The first-order valence-electron chi connectivity index (χ1n) is 8.64. The van der Waals surface area contributed by atoms with Gasteiger partial charge >= 0.3 is 5.97 Å². The number of methoxy groups -OCH3 is 1. The Morgan fingerprint density at radius 2 is 2.07 bits per heavy atom. The van der Waals surface area contributed by atoms with Crippen LogP contribution < -0.4 is 4.90 Å². The van der Waals surface area contributed by atoms with Crippen molar-refractivity contribution in [1.29, 1.82) is 0 Å². The number of carbonyl (C=O) groups excluding carboxylic acids is 1. The Morgan fingerprint density at radius 1 is 1.22 bits per heavy atom. The number of ether oxygens (including phenoxy) is 1. The molecule has 2 aromatic heterocycles. The number of pyridine rings is 2. The summed E-state index contributed by atoms with van der Waals surface area (Å²) in [4.78, 5) is 22.8. The summed E-state index contributed by atoms with van der Waals surface area (Å²) in [6.45, 7) is 0.660. The van der Waals surface area contributed by atoms with Crippen LogP contribution in [0.5, 0.6) is 0 Å². The molecule has 0 amide bonds. The van der Waals surface area contributed by atoms with Crippen LogP contribution in [0.4, 0.5) is 14.6 Å². The van der Waals surface area contributed by atoms with Crippen LogP contribution in [0.1, 0.15) is 34.8 Å². The molecule has 1 saturated heterocycles. The Balaban J connectivity index is 1.79. The lowest BCUT2D eigenvalue weighted by Crippen LogP contribution is -2.24. The number of esters is 1. The Kier molecular flexibility index (Phi) is 4.43. The molecule has 1 aliphatic heterocycles. The van der Waals surface area contributed by atoms with E-state index >= 15 is 0 Å². The molecule has 7 heteroatoms. The highest BCUT2D eigenvalue weighted by Crippen LogP contribution is 2.37. The highest BCUT2D eigenvalue weighted by atomic mass is 19.1. The molecule has 1 atom stereocenters. The lowest BCUT2D eigenvalue weighted by atomic mass is 10.0. The molecule has 0 bridgehead atoms. The Bertz CT molecular complexity index is 1030. The fourth-order valence-corrected chi connectivity index (χ4v) is 3.58. The van der Waals surface area contributed by atoms with Gasteiger partial charge in [0.1, 0.15) is 23.0 Å². The SMILES string of the molecule is COC(=O)c1ccnc2ccc(N3CCC[C@@H]3c3cc(F)ccc3F)nc12. The zero-order valence-electron chi connectivity index (χ0n) is 14.7. The summed E-state index contributed by atoms with van der Waals surface area (Å²) in [6, 6.07) is 8.28. The Morgan fingerprint density at radius 3 is 2.89 bits per heavy atom. The molecule has 27 heavy (non-hydrogen) atoms. The van der Waals surface area contributed by atoms with E-state index in [0.717, 1.165) is 18.6 Å². The van der Waals surface area contributed by atoms with Crippen molar-refractivity contribution in [1.82, 2.24) is 9.97 Å². The number of hydrogen-bond acceptors (Lipinski definition) is 5. The van der Waals surface area contributed by atoms with E-state index in [0.29, 0.717) is 40.9 Å². The van der Waals surface area contributed by atoms with Gasteiger partial charge in [0.2, 0.25) is 0 Å². The normalized spacial score (nSPS) is 16.7. The zero-order valence-corrected chi connectivity index (χ0v) is 14.7. The van der Waals surface area contributed by atoms with Gasteiger partial charge in [-0.1, -0.05) is 0 Å². The van der Waals surface area contributed by atoms with Gasteiger partial charge in [0, 0.05) is 18.3 Å². The largest absolute Gasteiger partial charge is 0.465 e. The molecule has 0 unspecified atom stereocenters. The second kappa shape index (κ2) is 6.90. The van der Waals surface area contributed by atoms with Gasteiger partial charge in [0.25, 0.3) is 0 Å². The summed E-state index contributed by atoms with van der Waals surface area (Å²) >= 11 is 0. The van der Waals surface area contributed by atoms with Crippen molar-refractivity contribution in [3.63, 3.8) is 0 Å². The van der Waals surface area contributed by atoms with Crippen LogP contribution in [0.15, 0.2) is 42.6 Å². The maximum atomic E-state index is 14.3. The lowest BCUT2D eigenvalue weighted by molar-refractivity contribution is 0.0602. The molecule has 0 radical (unpaired) electrons. The minimum atomic E-state index is -0.499. The van der Waals surface area contributed by atoms with Crippen LogP contribution in [-0.4, -0.2) is 29.6 Å². The van der Waals surface area contributed by atoms with Gasteiger partial charge in [-0.2, -0.15) is 0 Å². The molecule has 3 heterocycles. The Labute approximate surface area is 154 Å². The number of benzene rings is 1. The molecule has 0 spiro atoms. The number of rotatable bonds is 3. The molecular weight excluding hydrogens is 352 g/mol. The molecule has 4 rings (SSSR count). The van der Waals surface area contributed by atoms with Crippen LogP contribution >= 0.6 is 0 Å². The highest BCUT2D eigenvalue weighted by Gasteiger charge is 2.30. The molecule has 0 N–H and O–H groups in total. The van der Waals surface area contributed by atoms with E-state index in [-0.39, 0.29) is 6.04 Å². The molecule has 3 aromatic rings. The number of aromatic nitrogens is 2. The summed E-state index contributed by atoms with van der Waals surface area (Å²) in [5.74, 6) is -0.819. The zero-order chi connectivity index (χ0) is 19.0. The first kappa shape index (κ1) is 17.3. The molecule has 1 fully saturated rings. The van der Waals surface area contributed by atoms with Gasteiger partial charge in [0.15, 0.2) is 0 Å². The average Bonchev–Trinajstić information content (AvgIpc) is 3.18. The monoisotopic (exact) mass is 369 g/mol. The topological polar surface area (TPSA) is 55.3 Å². The third kappa shape index (κ3) is 3.09. The summed E-state index contributed by atoms with van der Waals surface area (Å²) in [5.41, 5.74) is 1.62.